The predicted molar refractivity (Wildman–Crippen MR) is 118 cm³/mol. The lowest BCUT2D eigenvalue weighted by molar-refractivity contribution is 0.0657. The van der Waals surface area contributed by atoms with E-state index in [9.17, 15) is 8.42 Å². The van der Waals surface area contributed by atoms with Crippen LogP contribution in [0.1, 0.15) is 36.1 Å². The Morgan fingerprint density at radius 2 is 1.66 bits per heavy atom. The van der Waals surface area contributed by atoms with Crippen molar-refractivity contribution in [2.75, 3.05) is 13.3 Å². The minimum atomic E-state index is -3.20. The van der Waals surface area contributed by atoms with Gasteiger partial charge in [-0.05, 0) is 49.1 Å². The Morgan fingerprint density at radius 3 is 2.21 bits per heavy atom. The average molecular weight is 418 g/mol. The smallest absolute Gasteiger partial charge is 0.191 e. The molecule has 0 spiro atoms. The third-order valence-corrected chi connectivity index (χ3v) is 5.61. The van der Waals surface area contributed by atoms with Gasteiger partial charge in [-0.25, -0.2) is 8.42 Å². The van der Waals surface area contributed by atoms with E-state index in [0.29, 0.717) is 30.6 Å². The second-order valence-corrected chi connectivity index (χ2v) is 9.32. The van der Waals surface area contributed by atoms with Crippen LogP contribution in [-0.2, 0) is 34.3 Å². The van der Waals surface area contributed by atoms with Crippen molar-refractivity contribution < 1.29 is 13.2 Å². The second kappa shape index (κ2) is 10.4. The highest BCUT2D eigenvalue weighted by Crippen LogP contribution is 2.16. The molecular formula is C22H31N3O3S. The minimum absolute atomic E-state index is 0.204. The van der Waals surface area contributed by atoms with Gasteiger partial charge in [-0.1, -0.05) is 36.4 Å². The van der Waals surface area contributed by atoms with Crippen molar-refractivity contribution in [3.63, 3.8) is 0 Å². The second-order valence-electron chi connectivity index (χ2n) is 7.33. The predicted octanol–water partition coefficient (Wildman–Crippen LogP) is 3.19. The van der Waals surface area contributed by atoms with Crippen molar-refractivity contribution >= 4 is 15.8 Å². The molecule has 7 heteroatoms. The van der Waals surface area contributed by atoms with Crippen molar-refractivity contribution in [2.24, 2.45) is 4.99 Å². The molecule has 0 radical (unpaired) electrons. The molecule has 2 N–H and O–H groups in total. The van der Waals surface area contributed by atoms with E-state index in [-0.39, 0.29) is 6.10 Å². The van der Waals surface area contributed by atoms with Crippen LogP contribution in [0.15, 0.2) is 52.4 Å². The van der Waals surface area contributed by atoms with Gasteiger partial charge in [-0.2, -0.15) is 0 Å². The van der Waals surface area contributed by atoms with Gasteiger partial charge in [0.15, 0.2) is 15.8 Å². The molecule has 0 fully saturated rings. The zero-order valence-electron chi connectivity index (χ0n) is 17.8. The number of rotatable bonds is 8. The normalized spacial score (nSPS) is 12.3. The number of ether oxygens (including phenoxy) is 1. The first-order valence-corrected chi connectivity index (χ1v) is 11.5. The summed E-state index contributed by atoms with van der Waals surface area (Å²) in [5.74, 6) is 0.679. The number of nitrogens with zero attached hydrogens (tertiary/aromatic N) is 1. The van der Waals surface area contributed by atoms with Gasteiger partial charge < -0.3 is 15.4 Å². The number of sulfone groups is 1. The fraction of sp³-hybridized carbons (Fsp3) is 0.409. The topological polar surface area (TPSA) is 79.8 Å². The summed E-state index contributed by atoms with van der Waals surface area (Å²) in [7, 11) is -1.48. The molecule has 158 valence electrons. The molecule has 0 aromatic heterocycles. The summed E-state index contributed by atoms with van der Waals surface area (Å²) < 4.78 is 29.1. The molecule has 2 aromatic rings. The van der Waals surface area contributed by atoms with Crippen molar-refractivity contribution in [1.82, 2.24) is 10.6 Å². The highest BCUT2D eigenvalue weighted by molar-refractivity contribution is 7.90. The van der Waals surface area contributed by atoms with Crippen LogP contribution >= 0.6 is 0 Å². The monoisotopic (exact) mass is 417 g/mol. The zero-order chi connectivity index (χ0) is 21.4. The van der Waals surface area contributed by atoms with Crippen LogP contribution in [0.25, 0.3) is 0 Å². The average Bonchev–Trinajstić information content (AvgIpc) is 2.66. The zero-order valence-corrected chi connectivity index (χ0v) is 18.6. The van der Waals surface area contributed by atoms with E-state index in [1.165, 1.54) is 6.26 Å². The summed E-state index contributed by atoms with van der Waals surface area (Å²) in [5.41, 5.74) is 4.02. The van der Waals surface area contributed by atoms with Gasteiger partial charge in [-0.3, -0.25) is 4.99 Å². The van der Waals surface area contributed by atoms with E-state index in [1.54, 1.807) is 13.1 Å². The SMILES string of the molecule is CN=C(NCc1cccc(COC(C)C)c1)NCc1ccc(S(C)(=O)=O)c(C)c1. The molecule has 0 heterocycles. The Bertz CT molecular complexity index is 954. The molecule has 29 heavy (non-hydrogen) atoms. The van der Waals surface area contributed by atoms with Gasteiger partial charge in [0.2, 0.25) is 0 Å². The Balaban J connectivity index is 1.92. The number of hydrogen-bond donors (Lipinski definition) is 2. The molecule has 2 aromatic carbocycles. The van der Waals surface area contributed by atoms with Crippen LogP contribution in [0.4, 0.5) is 0 Å². The van der Waals surface area contributed by atoms with Gasteiger partial charge in [0, 0.05) is 26.4 Å². The van der Waals surface area contributed by atoms with E-state index >= 15 is 0 Å². The van der Waals surface area contributed by atoms with Crippen LogP contribution in [0.2, 0.25) is 0 Å². The maximum Gasteiger partial charge on any atom is 0.191 e. The summed E-state index contributed by atoms with van der Waals surface area (Å²) in [4.78, 5) is 4.62. The molecule has 0 aliphatic heterocycles. The molecule has 0 atom stereocenters. The van der Waals surface area contributed by atoms with Gasteiger partial charge >= 0.3 is 0 Å². The summed E-state index contributed by atoms with van der Waals surface area (Å²) in [6, 6.07) is 13.6. The third kappa shape index (κ3) is 7.51. The first-order valence-electron chi connectivity index (χ1n) is 9.62. The molecule has 6 nitrogen and oxygen atoms in total. The van der Waals surface area contributed by atoms with E-state index in [4.69, 9.17) is 4.74 Å². The summed E-state index contributed by atoms with van der Waals surface area (Å²) >= 11 is 0. The molecule has 0 bridgehead atoms. The quantitative estimate of drug-likeness (QED) is 0.509. The fourth-order valence-electron chi connectivity index (χ4n) is 2.92. The maximum absolute atomic E-state index is 11.7. The van der Waals surface area contributed by atoms with Crippen LogP contribution in [-0.4, -0.2) is 33.8 Å². The highest BCUT2D eigenvalue weighted by atomic mass is 32.2. The Morgan fingerprint density at radius 1 is 1.03 bits per heavy atom. The fourth-order valence-corrected chi connectivity index (χ4v) is 3.88. The van der Waals surface area contributed by atoms with E-state index < -0.39 is 9.84 Å². The number of nitrogens with one attached hydrogen (secondary N) is 2. The largest absolute Gasteiger partial charge is 0.374 e. The number of hydrogen-bond acceptors (Lipinski definition) is 4. The van der Waals surface area contributed by atoms with Crippen LogP contribution in [0.3, 0.4) is 0 Å². The van der Waals surface area contributed by atoms with Gasteiger partial charge in [0.05, 0.1) is 17.6 Å². The summed E-state index contributed by atoms with van der Waals surface area (Å²) in [6.07, 6.45) is 1.43. The lowest BCUT2D eigenvalue weighted by atomic mass is 10.1. The number of aryl methyl sites for hydroxylation is 1. The highest BCUT2D eigenvalue weighted by Gasteiger charge is 2.11. The molecule has 0 aliphatic rings. The Kier molecular flexibility index (Phi) is 8.22. The van der Waals surface area contributed by atoms with Crippen molar-refractivity contribution in [2.45, 2.75) is 51.5 Å². The maximum atomic E-state index is 11.7. The molecular weight excluding hydrogens is 386 g/mol. The van der Waals surface area contributed by atoms with Crippen molar-refractivity contribution in [1.29, 1.82) is 0 Å². The minimum Gasteiger partial charge on any atom is -0.374 e. The Hall–Kier alpha value is -2.38. The van der Waals surface area contributed by atoms with E-state index in [2.05, 4.69) is 33.8 Å². The van der Waals surface area contributed by atoms with Crippen LogP contribution < -0.4 is 10.6 Å². The van der Waals surface area contributed by atoms with E-state index in [1.807, 2.05) is 39.0 Å². The molecule has 0 aliphatic carbocycles. The molecule has 0 saturated carbocycles. The summed E-state index contributed by atoms with van der Waals surface area (Å²) in [5, 5.41) is 6.56. The molecule has 2 rings (SSSR count). The van der Waals surface area contributed by atoms with Crippen molar-refractivity contribution in [3.8, 4) is 0 Å². The first kappa shape index (κ1) is 22.9. The van der Waals surface area contributed by atoms with Crippen LogP contribution in [0.5, 0.6) is 0 Å². The van der Waals surface area contributed by atoms with Crippen molar-refractivity contribution in [3.05, 3.63) is 64.7 Å². The van der Waals surface area contributed by atoms with Crippen LogP contribution in [0, 0.1) is 6.92 Å². The van der Waals surface area contributed by atoms with E-state index in [0.717, 1.165) is 22.3 Å². The summed E-state index contributed by atoms with van der Waals surface area (Å²) in [6.45, 7) is 7.65. The molecule has 0 saturated heterocycles. The number of benzene rings is 2. The lowest BCUT2D eigenvalue weighted by Crippen LogP contribution is -2.36. The van der Waals surface area contributed by atoms with Gasteiger partial charge in [0.25, 0.3) is 0 Å². The lowest BCUT2D eigenvalue weighted by Gasteiger charge is -2.14. The standard InChI is InChI=1S/C22H31N3O3S/c1-16(2)28-15-20-8-6-7-18(12-20)13-24-22(23-4)25-14-19-9-10-21(17(3)11-19)29(5,26)27/h6-12,16H,13-15H2,1-5H3,(H2,23,24,25). The third-order valence-electron chi connectivity index (χ3n) is 4.36. The molecule has 0 amide bonds. The van der Waals surface area contributed by atoms with Gasteiger partial charge in [0.1, 0.15) is 0 Å². The number of guanidine groups is 1. The Labute approximate surface area is 174 Å². The van der Waals surface area contributed by atoms with Gasteiger partial charge in [-0.15, -0.1) is 0 Å². The first-order chi connectivity index (χ1) is 13.7. The number of aliphatic imine (C=N–C) groups is 1. The molecule has 0 unspecified atom stereocenters.